The second-order valence-electron chi connectivity index (χ2n) is 6.84. The maximum atomic E-state index is 12.5. The maximum Gasteiger partial charge on any atom is 0.229 e. The Morgan fingerprint density at radius 2 is 1.96 bits per heavy atom. The Morgan fingerprint density at radius 3 is 2.57 bits per heavy atom. The smallest absolute Gasteiger partial charge is 0.229 e. The highest BCUT2D eigenvalue weighted by molar-refractivity contribution is 7.88. The molecule has 1 amide bonds. The molecule has 0 bridgehead atoms. The van der Waals surface area contributed by atoms with Crippen LogP contribution in [0.15, 0.2) is 29.6 Å². The third-order valence-corrected chi connectivity index (χ3v) is 6.71. The molecular formula is C19H25N3O4S2. The fourth-order valence-corrected chi connectivity index (χ4v) is 4.66. The van der Waals surface area contributed by atoms with Crippen molar-refractivity contribution in [3.63, 3.8) is 0 Å². The number of hydrogen-bond donors (Lipinski definition) is 1. The summed E-state index contributed by atoms with van der Waals surface area (Å²) in [5.41, 5.74) is 1.76. The van der Waals surface area contributed by atoms with Crippen LogP contribution in [0, 0.1) is 5.92 Å². The van der Waals surface area contributed by atoms with Crippen LogP contribution >= 0.6 is 11.3 Å². The molecule has 2 aromatic rings. The predicted molar refractivity (Wildman–Crippen MR) is 111 cm³/mol. The third kappa shape index (κ3) is 5.30. The number of hydrogen-bond acceptors (Lipinski definition) is 6. The standard InChI is InChI=1S/C19H25N3O4S2/c1-3-12-26-16-6-4-14(5-7-16)17-13-27-19(20-17)21-18(23)15-8-10-22(11-9-15)28(2,24)25/h4-7,13,15H,3,8-12H2,1-2H3,(H,20,21,23). The van der Waals surface area contributed by atoms with Crippen molar-refractivity contribution < 1.29 is 17.9 Å². The summed E-state index contributed by atoms with van der Waals surface area (Å²) in [6, 6.07) is 7.73. The average molecular weight is 424 g/mol. The summed E-state index contributed by atoms with van der Waals surface area (Å²) < 4.78 is 30.2. The molecule has 0 spiro atoms. The monoisotopic (exact) mass is 423 g/mol. The van der Waals surface area contributed by atoms with Gasteiger partial charge in [-0.15, -0.1) is 11.3 Å². The quantitative estimate of drug-likeness (QED) is 0.739. The maximum absolute atomic E-state index is 12.5. The Morgan fingerprint density at radius 1 is 1.29 bits per heavy atom. The largest absolute Gasteiger partial charge is 0.494 e. The van der Waals surface area contributed by atoms with Gasteiger partial charge in [0, 0.05) is 30.0 Å². The number of piperidine rings is 1. The van der Waals surface area contributed by atoms with Crippen molar-refractivity contribution in [3.8, 4) is 17.0 Å². The van der Waals surface area contributed by atoms with Crippen LogP contribution in [0.4, 0.5) is 5.13 Å². The number of nitrogens with one attached hydrogen (secondary N) is 1. The number of benzene rings is 1. The van der Waals surface area contributed by atoms with Crippen molar-refractivity contribution in [3.05, 3.63) is 29.6 Å². The minimum atomic E-state index is -3.19. The molecule has 0 radical (unpaired) electrons. The van der Waals surface area contributed by atoms with Crippen LogP contribution in [-0.2, 0) is 14.8 Å². The summed E-state index contributed by atoms with van der Waals surface area (Å²) in [4.78, 5) is 17.0. The minimum Gasteiger partial charge on any atom is -0.494 e. The van der Waals surface area contributed by atoms with Crippen LogP contribution in [0.2, 0.25) is 0 Å². The van der Waals surface area contributed by atoms with Gasteiger partial charge < -0.3 is 10.1 Å². The molecule has 1 aromatic heterocycles. The topological polar surface area (TPSA) is 88.6 Å². The fraction of sp³-hybridized carbons (Fsp3) is 0.474. The molecule has 1 aromatic carbocycles. The molecule has 3 rings (SSSR count). The Balaban J connectivity index is 1.56. The third-order valence-electron chi connectivity index (χ3n) is 4.65. The fourth-order valence-electron chi connectivity index (χ4n) is 3.06. The van der Waals surface area contributed by atoms with Crippen LogP contribution in [0.1, 0.15) is 26.2 Å². The van der Waals surface area contributed by atoms with Gasteiger partial charge in [0.25, 0.3) is 0 Å². The second kappa shape index (κ2) is 9.02. The lowest BCUT2D eigenvalue weighted by Gasteiger charge is -2.29. The lowest BCUT2D eigenvalue weighted by molar-refractivity contribution is -0.120. The summed E-state index contributed by atoms with van der Waals surface area (Å²) in [5, 5.41) is 5.33. The molecule has 0 unspecified atom stereocenters. The van der Waals surface area contributed by atoms with Gasteiger partial charge in [0.1, 0.15) is 5.75 Å². The zero-order chi connectivity index (χ0) is 20.1. The predicted octanol–water partition coefficient (Wildman–Crippen LogP) is 3.21. The van der Waals surface area contributed by atoms with Gasteiger partial charge in [-0.05, 0) is 43.5 Å². The van der Waals surface area contributed by atoms with E-state index in [1.54, 1.807) is 0 Å². The Labute approximate surface area is 169 Å². The van der Waals surface area contributed by atoms with Crippen molar-refractivity contribution in [2.75, 3.05) is 31.3 Å². The van der Waals surface area contributed by atoms with Gasteiger partial charge in [0.15, 0.2) is 5.13 Å². The SMILES string of the molecule is CCCOc1ccc(-c2csc(NC(=O)C3CCN(S(C)(=O)=O)CC3)n2)cc1. The number of thiazole rings is 1. The number of carbonyl (C=O) groups excluding carboxylic acids is 1. The molecule has 9 heteroatoms. The average Bonchev–Trinajstić information content (AvgIpc) is 3.14. The molecule has 1 N–H and O–H groups in total. The highest BCUT2D eigenvalue weighted by Gasteiger charge is 2.29. The van der Waals surface area contributed by atoms with Crippen molar-refractivity contribution in [1.82, 2.24) is 9.29 Å². The first-order valence-corrected chi connectivity index (χ1v) is 12.0. The van der Waals surface area contributed by atoms with E-state index in [-0.39, 0.29) is 11.8 Å². The molecule has 2 heterocycles. The second-order valence-corrected chi connectivity index (χ2v) is 9.68. The minimum absolute atomic E-state index is 0.0997. The van der Waals surface area contributed by atoms with Gasteiger partial charge in [-0.1, -0.05) is 6.92 Å². The van der Waals surface area contributed by atoms with Gasteiger partial charge in [-0.25, -0.2) is 17.7 Å². The van der Waals surface area contributed by atoms with E-state index in [1.165, 1.54) is 21.9 Å². The van der Waals surface area contributed by atoms with Crippen LogP contribution in [-0.4, -0.2) is 49.6 Å². The van der Waals surface area contributed by atoms with E-state index in [0.29, 0.717) is 37.7 Å². The van der Waals surface area contributed by atoms with E-state index in [1.807, 2.05) is 29.6 Å². The van der Waals surface area contributed by atoms with Crippen molar-refractivity contribution in [2.24, 2.45) is 5.92 Å². The van der Waals surface area contributed by atoms with Crippen molar-refractivity contribution in [1.29, 1.82) is 0 Å². The van der Waals surface area contributed by atoms with E-state index in [2.05, 4.69) is 17.2 Å². The Hall–Kier alpha value is -1.97. The van der Waals surface area contributed by atoms with Crippen LogP contribution in [0.3, 0.4) is 0 Å². The zero-order valence-electron chi connectivity index (χ0n) is 16.1. The Bertz CT molecular complexity index is 902. The summed E-state index contributed by atoms with van der Waals surface area (Å²) in [6.45, 7) is 3.52. The first-order valence-electron chi connectivity index (χ1n) is 9.31. The molecule has 1 aliphatic rings. The summed E-state index contributed by atoms with van der Waals surface area (Å²) >= 11 is 1.38. The number of carbonyl (C=O) groups is 1. The van der Waals surface area contributed by atoms with E-state index in [4.69, 9.17) is 4.74 Å². The van der Waals surface area contributed by atoms with E-state index < -0.39 is 10.0 Å². The van der Waals surface area contributed by atoms with E-state index >= 15 is 0 Å². The lowest BCUT2D eigenvalue weighted by Crippen LogP contribution is -2.40. The number of amides is 1. The van der Waals surface area contributed by atoms with Gasteiger partial charge >= 0.3 is 0 Å². The van der Waals surface area contributed by atoms with Gasteiger partial charge in [0.2, 0.25) is 15.9 Å². The van der Waals surface area contributed by atoms with E-state index in [9.17, 15) is 13.2 Å². The summed E-state index contributed by atoms with van der Waals surface area (Å²) in [6.07, 6.45) is 3.21. The molecule has 152 valence electrons. The highest BCUT2D eigenvalue weighted by atomic mass is 32.2. The van der Waals surface area contributed by atoms with Gasteiger partial charge in [-0.3, -0.25) is 4.79 Å². The number of anilines is 1. The summed E-state index contributed by atoms with van der Waals surface area (Å²) in [7, 11) is -3.19. The van der Waals surface area contributed by atoms with Crippen LogP contribution < -0.4 is 10.1 Å². The Kier molecular flexibility index (Phi) is 6.69. The number of rotatable bonds is 7. The highest BCUT2D eigenvalue weighted by Crippen LogP contribution is 2.28. The number of aromatic nitrogens is 1. The molecule has 7 nitrogen and oxygen atoms in total. The number of ether oxygens (including phenoxy) is 1. The summed E-state index contributed by atoms with van der Waals surface area (Å²) in [5.74, 6) is 0.535. The molecule has 28 heavy (non-hydrogen) atoms. The van der Waals surface area contributed by atoms with E-state index in [0.717, 1.165) is 23.4 Å². The number of sulfonamides is 1. The molecular weight excluding hydrogens is 398 g/mol. The van der Waals surface area contributed by atoms with Gasteiger partial charge in [-0.2, -0.15) is 0 Å². The molecule has 1 aliphatic heterocycles. The first-order chi connectivity index (χ1) is 13.4. The molecule has 1 fully saturated rings. The normalized spacial score (nSPS) is 16.1. The van der Waals surface area contributed by atoms with Crippen molar-refractivity contribution >= 4 is 32.4 Å². The van der Waals surface area contributed by atoms with Gasteiger partial charge in [0.05, 0.1) is 18.6 Å². The first kappa shape index (κ1) is 20.8. The van der Waals surface area contributed by atoms with Crippen LogP contribution in [0.5, 0.6) is 5.75 Å². The number of nitrogens with zero attached hydrogens (tertiary/aromatic N) is 2. The molecule has 0 atom stereocenters. The molecule has 1 saturated heterocycles. The lowest BCUT2D eigenvalue weighted by atomic mass is 9.97. The van der Waals surface area contributed by atoms with Crippen molar-refractivity contribution in [2.45, 2.75) is 26.2 Å². The zero-order valence-corrected chi connectivity index (χ0v) is 17.7. The molecule has 0 aliphatic carbocycles. The van der Waals surface area contributed by atoms with Crippen LogP contribution in [0.25, 0.3) is 11.3 Å². The molecule has 0 saturated carbocycles.